The standard InChI is InChI=1S/C19H20FNO2/c1-12-17-9-16(20)6-7-18(17)23-19(12)10-21-13(2)15-5-3-4-14(8-15)11-22/h3-9,13,21-22H,10-11H2,1-2H3. The van der Waals surface area contributed by atoms with Gasteiger partial charge in [-0.05, 0) is 48.7 Å². The van der Waals surface area contributed by atoms with Crippen LogP contribution in [0.4, 0.5) is 4.39 Å². The average Bonchev–Trinajstić information content (AvgIpc) is 2.88. The van der Waals surface area contributed by atoms with Crippen LogP contribution in [0.2, 0.25) is 0 Å². The largest absolute Gasteiger partial charge is 0.459 e. The minimum atomic E-state index is -0.255. The molecule has 3 rings (SSSR count). The lowest BCUT2D eigenvalue weighted by atomic mass is 10.1. The fourth-order valence-electron chi connectivity index (χ4n) is 2.74. The van der Waals surface area contributed by atoms with Gasteiger partial charge in [-0.1, -0.05) is 24.3 Å². The highest BCUT2D eigenvalue weighted by molar-refractivity contribution is 5.82. The average molecular weight is 313 g/mol. The van der Waals surface area contributed by atoms with Gasteiger partial charge in [0.15, 0.2) is 0 Å². The van der Waals surface area contributed by atoms with Crippen molar-refractivity contribution in [3.8, 4) is 0 Å². The number of benzene rings is 2. The molecule has 2 N–H and O–H groups in total. The molecule has 1 unspecified atom stereocenters. The van der Waals surface area contributed by atoms with E-state index in [4.69, 9.17) is 4.42 Å². The zero-order chi connectivity index (χ0) is 16.4. The number of halogens is 1. The first-order valence-corrected chi connectivity index (χ1v) is 7.69. The van der Waals surface area contributed by atoms with Gasteiger partial charge in [0.2, 0.25) is 0 Å². The van der Waals surface area contributed by atoms with E-state index in [1.165, 1.54) is 12.1 Å². The van der Waals surface area contributed by atoms with Crippen molar-refractivity contribution in [3.63, 3.8) is 0 Å². The summed E-state index contributed by atoms with van der Waals surface area (Å²) in [6.45, 7) is 4.61. The van der Waals surface area contributed by atoms with Gasteiger partial charge in [0.1, 0.15) is 17.2 Å². The zero-order valence-corrected chi connectivity index (χ0v) is 13.3. The molecule has 120 valence electrons. The molecule has 4 heteroatoms. The van der Waals surface area contributed by atoms with Gasteiger partial charge in [-0.25, -0.2) is 4.39 Å². The maximum absolute atomic E-state index is 13.4. The summed E-state index contributed by atoms with van der Waals surface area (Å²) < 4.78 is 19.2. The Balaban J connectivity index is 1.76. The van der Waals surface area contributed by atoms with Crippen molar-refractivity contribution >= 4 is 11.0 Å². The number of rotatable bonds is 5. The molecule has 0 fully saturated rings. The van der Waals surface area contributed by atoms with Crippen LogP contribution in [0.3, 0.4) is 0 Å². The Bertz CT molecular complexity index is 825. The molecule has 0 radical (unpaired) electrons. The molecular formula is C19H20FNO2. The van der Waals surface area contributed by atoms with Crippen LogP contribution in [0.25, 0.3) is 11.0 Å². The van der Waals surface area contributed by atoms with Crippen molar-refractivity contribution < 1.29 is 13.9 Å². The number of aliphatic hydroxyl groups is 1. The Morgan fingerprint density at radius 1 is 1.22 bits per heavy atom. The summed E-state index contributed by atoms with van der Waals surface area (Å²) in [5.74, 6) is 0.561. The zero-order valence-electron chi connectivity index (χ0n) is 13.3. The molecule has 2 aromatic carbocycles. The van der Waals surface area contributed by atoms with E-state index < -0.39 is 0 Å². The fourth-order valence-corrected chi connectivity index (χ4v) is 2.74. The maximum Gasteiger partial charge on any atom is 0.134 e. The SMILES string of the molecule is Cc1c(CNC(C)c2cccc(CO)c2)oc2ccc(F)cc12. The molecule has 3 nitrogen and oxygen atoms in total. The van der Waals surface area contributed by atoms with E-state index in [0.717, 1.165) is 27.8 Å². The lowest BCUT2D eigenvalue weighted by Gasteiger charge is -2.14. The normalized spacial score (nSPS) is 12.7. The van der Waals surface area contributed by atoms with Gasteiger partial charge in [0, 0.05) is 11.4 Å². The third-order valence-corrected chi connectivity index (χ3v) is 4.20. The van der Waals surface area contributed by atoms with Crippen molar-refractivity contribution in [2.45, 2.75) is 33.0 Å². The summed E-state index contributed by atoms with van der Waals surface area (Å²) in [6, 6.07) is 12.5. The van der Waals surface area contributed by atoms with Gasteiger partial charge in [-0.3, -0.25) is 0 Å². The molecule has 0 amide bonds. The first kappa shape index (κ1) is 15.7. The number of aliphatic hydroxyl groups excluding tert-OH is 1. The summed E-state index contributed by atoms with van der Waals surface area (Å²) in [4.78, 5) is 0. The summed E-state index contributed by atoms with van der Waals surface area (Å²) in [6.07, 6.45) is 0. The van der Waals surface area contributed by atoms with Crippen LogP contribution < -0.4 is 5.32 Å². The highest BCUT2D eigenvalue weighted by Gasteiger charge is 2.13. The van der Waals surface area contributed by atoms with Gasteiger partial charge < -0.3 is 14.8 Å². The second-order valence-corrected chi connectivity index (χ2v) is 5.80. The van der Waals surface area contributed by atoms with Gasteiger partial charge in [-0.2, -0.15) is 0 Å². The summed E-state index contributed by atoms with van der Waals surface area (Å²) in [7, 11) is 0. The molecule has 0 aliphatic rings. The molecule has 0 bridgehead atoms. The van der Waals surface area contributed by atoms with Gasteiger partial charge in [0.05, 0.1) is 13.2 Å². The number of furan rings is 1. The van der Waals surface area contributed by atoms with E-state index in [0.29, 0.717) is 12.1 Å². The van der Waals surface area contributed by atoms with Crippen LogP contribution in [0.1, 0.15) is 35.4 Å². The first-order valence-electron chi connectivity index (χ1n) is 7.69. The van der Waals surface area contributed by atoms with Crippen LogP contribution in [0.15, 0.2) is 46.9 Å². The molecular weight excluding hydrogens is 293 g/mol. The van der Waals surface area contributed by atoms with E-state index in [-0.39, 0.29) is 18.5 Å². The Labute approximate surface area is 134 Å². The molecule has 0 saturated heterocycles. The van der Waals surface area contributed by atoms with E-state index in [1.807, 2.05) is 31.2 Å². The second kappa shape index (κ2) is 6.52. The molecule has 1 aromatic heterocycles. The molecule has 3 aromatic rings. The number of aryl methyl sites for hydroxylation is 1. The molecule has 0 aliphatic carbocycles. The lowest BCUT2D eigenvalue weighted by molar-refractivity contribution is 0.281. The fraction of sp³-hybridized carbons (Fsp3) is 0.263. The molecule has 1 atom stereocenters. The highest BCUT2D eigenvalue weighted by Crippen LogP contribution is 2.26. The number of nitrogens with one attached hydrogen (secondary N) is 1. The highest BCUT2D eigenvalue weighted by atomic mass is 19.1. The number of hydrogen-bond acceptors (Lipinski definition) is 3. The summed E-state index contributed by atoms with van der Waals surface area (Å²) in [5.41, 5.74) is 3.67. The molecule has 23 heavy (non-hydrogen) atoms. The van der Waals surface area contributed by atoms with Crippen molar-refractivity contribution in [1.82, 2.24) is 5.32 Å². The molecule has 0 aliphatic heterocycles. The monoisotopic (exact) mass is 313 g/mol. The number of hydrogen-bond donors (Lipinski definition) is 2. The van der Waals surface area contributed by atoms with E-state index >= 15 is 0 Å². The van der Waals surface area contributed by atoms with Gasteiger partial charge >= 0.3 is 0 Å². The first-order chi connectivity index (χ1) is 11.1. The second-order valence-electron chi connectivity index (χ2n) is 5.80. The Morgan fingerprint density at radius 3 is 2.83 bits per heavy atom. The predicted octanol–water partition coefficient (Wildman–Crippen LogP) is 4.22. The van der Waals surface area contributed by atoms with Crippen LogP contribution >= 0.6 is 0 Å². The van der Waals surface area contributed by atoms with Crippen molar-refractivity contribution in [3.05, 3.63) is 70.7 Å². The topological polar surface area (TPSA) is 45.4 Å². The Kier molecular flexibility index (Phi) is 4.46. The van der Waals surface area contributed by atoms with Gasteiger partial charge in [-0.15, -0.1) is 0 Å². The lowest BCUT2D eigenvalue weighted by Crippen LogP contribution is -2.18. The predicted molar refractivity (Wildman–Crippen MR) is 88.5 cm³/mol. The molecule has 0 saturated carbocycles. The summed E-state index contributed by atoms with van der Waals surface area (Å²) in [5, 5.41) is 13.5. The van der Waals surface area contributed by atoms with Crippen LogP contribution in [0, 0.1) is 12.7 Å². The Morgan fingerprint density at radius 2 is 2.04 bits per heavy atom. The number of fused-ring (bicyclic) bond motifs is 1. The molecule has 1 heterocycles. The van der Waals surface area contributed by atoms with E-state index in [9.17, 15) is 9.50 Å². The van der Waals surface area contributed by atoms with Crippen molar-refractivity contribution in [2.24, 2.45) is 0 Å². The quantitative estimate of drug-likeness (QED) is 0.741. The van der Waals surface area contributed by atoms with Gasteiger partial charge in [0.25, 0.3) is 0 Å². The minimum absolute atomic E-state index is 0.0365. The maximum atomic E-state index is 13.4. The van der Waals surface area contributed by atoms with Crippen LogP contribution in [-0.2, 0) is 13.2 Å². The van der Waals surface area contributed by atoms with Crippen molar-refractivity contribution in [2.75, 3.05) is 0 Å². The van der Waals surface area contributed by atoms with E-state index in [1.54, 1.807) is 6.07 Å². The smallest absolute Gasteiger partial charge is 0.134 e. The Hall–Kier alpha value is -2.17. The third kappa shape index (κ3) is 3.28. The van der Waals surface area contributed by atoms with Crippen LogP contribution in [0.5, 0.6) is 0 Å². The molecule has 0 spiro atoms. The summed E-state index contributed by atoms with van der Waals surface area (Å²) >= 11 is 0. The third-order valence-electron chi connectivity index (χ3n) is 4.20. The minimum Gasteiger partial charge on any atom is -0.459 e. The van der Waals surface area contributed by atoms with Crippen molar-refractivity contribution in [1.29, 1.82) is 0 Å². The van der Waals surface area contributed by atoms with E-state index in [2.05, 4.69) is 12.2 Å². The van der Waals surface area contributed by atoms with Crippen LogP contribution in [-0.4, -0.2) is 5.11 Å².